The van der Waals surface area contributed by atoms with E-state index in [1.807, 2.05) is 0 Å². The Hall–Kier alpha value is -2.75. The summed E-state index contributed by atoms with van der Waals surface area (Å²) in [5.74, 6) is 0.201. The lowest BCUT2D eigenvalue weighted by atomic mass is 9.98. The molecule has 1 aromatic rings. The Balaban J connectivity index is 1.45. The molecule has 0 bridgehead atoms. The summed E-state index contributed by atoms with van der Waals surface area (Å²) in [6, 6.07) is -0.532. The van der Waals surface area contributed by atoms with Crippen LogP contribution in [0.3, 0.4) is 0 Å². The van der Waals surface area contributed by atoms with Crippen molar-refractivity contribution in [3.8, 4) is 0 Å². The number of rotatable bonds is 5. The zero-order valence-corrected chi connectivity index (χ0v) is 17.9. The Kier molecular flexibility index (Phi) is 6.07. The summed E-state index contributed by atoms with van der Waals surface area (Å²) in [4.78, 5) is 36.2. The first-order valence-corrected chi connectivity index (χ1v) is 10.8. The fourth-order valence-corrected chi connectivity index (χ4v) is 4.32. The van der Waals surface area contributed by atoms with Gasteiger partial charge in [0.15, 0.2) is 11.5 Å². The monoisotopic (exact) mass is 449 g/mol. The number of likely N-dealkylation sites (tertiary alicyclic amines) is 1. The highest BCUT2D eigenvalue weighted by atomic mass is 19.4. The van der Waals surface area contributed by atoms with Gasteiger partial charge in [-0.15, -0.1) is 0 Å². The number of nitrogens with zero attached hydrogens (tertiary/aromatic N) is 4. The van der Waals surface area contributed by atoms with Gasteiger partial charge in [-0.3, -0.25) is 9.59 Å². The molecule has 2 aliphatic heterocycles. The van der Waals surface area contributed by atoms with E-state index in [0.717, 1.165) is 6.42 Å². The zero-order chi connectivity index (χ0) is 23.0. The second kappa shape index (κ2) is 8.65. The van der Waals surface area contributed by atoms with Gasteiger partial charge < -0.3 is 15.5 Å². The minimum absolute atomic E-state index is 0.0160. The molecule has 10 heteroatoms. The third-order valence-corrected chi connectivity index (χ3v) is 6.12. The van der Waals surface area contributed by atoms with Gasteiger partial charge in [-0.25, -0.2) is 9.97 Å². The van der Waals surface area contributed by atoms with Crippen LogP contribution < -0.4 is 5.73 Å². The van der Waals surface area contributed by atoms with Crippen molar-refractivity contribution < 1.29 is 22.8 Å². The predicted molar refractivity (Wildman–Crippen MR) is 111 cm³/mol. The molecule has 4 rings (SSSR count). The van der Waals surface area contributed by atoms with Crippen molar-refractivity contribution in [3.05, 3.63) is 41.0 Å². The summed E-state index contributed by atoms with van der Waals surface area (Å²) in [5, 5.41) is 0. The number of allylic oxidation sites excluding steroid dienone is 4. The molecular formula is C22H26F3N5O2. The standard InChI is InChI=1S/C22H26F3N5O2/c1-13-5-6-18(31)30(10-13)11-15(26)9-19(32)29-8-7-16-17(12-29)27-21(14-3-2-4-14)28-20(16)22(23,24)25/h2-4,13,15H,5-12,26H2,1H3/t13?,15-/m1/s1. The van der Waals surface area contributed by atoms with Crippen molar-refractivity contribution in [1.29, 1.82) is 0 Å². The highest BCUT2D eigenvalue weighted by molar-refractivity contribution is 5.79. The minimum atomic E-state index is -4.59. The van der Waals surface area contributed by atoms with E-state index in [2.05, 4.69) is 16.9 Å². The summed E-state index contributed by atoms with van der Waals surface area (Å²) in [6.45, 7) is 3.12. The lowest BCUT2D eigenvalue weighted by Gasteiger charge is -2.34. The summed E-state index contributed by atoms with van der Waals surface area (Å²) in [5.41, 5.74) is 6.02. The predicted octanol–water partition coefficient (Wildman–Crippen LogP) is 2.31. The lowest BCUT2D eigenvalue weighted by molar-refractivity contribution is -0.142. The van der Waals surface area contributed by atoms with Crippen molar-refractivity contribution in [1.82, 2.24) is 19.8 Å². The molecule has 1 saturated heterocycles. The van der Waals surface area contributed by atoms with Gasteiger partial charge in [-0.2, -0.15) is 13.2 Å². The molecule has 1 aromatic heterocycles. The van der Waals surface area contributed by atoms with Crippen LogP contribution in [0, 0.1) is 5.92 Å². The first kappa shape index (κ1) is 22.4. The van der Waals surface area contributed by atoms with Crippen molar-refractivity contribution >= 4 is 17.4 Å². The van der Waals surface area contributed by atoms with Gasteiger partial charge in [-0.1, -0.05) is 25.2 Å². The van der Waals surface area contributed by atoms with E-state index >= 15 is 0 Å². The molecule has 3 aliphatic rings. The van der Waals surface area contributed by atoms with Crippen LogP contribution in [0.1, 0.15) is 49.0 Å². The Morgan fingerprint density at radius 3 is 2.72 bits per heavy atom. The van der Waals surface area contributed by atoms with Crippen LogP contribution in [0.2, 0.25) is 0 Å². The third kappa shape index (κ3) is 4.69. The largest absolute Gasteiger partial charge is 0.433 e. The maximum Gasteiger partial charge on any atom is 0.433 e. The van der Waals surface area contributed by atoms with E-state index in [1.165, 1.54) is 4.90 Å². The molecule has 2 amide bonds. The van der Waals surface area contributed by atoms with E-state index in [9.17, 15) is 22.8 Å². The van der Waals surface area contributed by atoms with Crippen LogP contribution in [0.15, 0.2) is 18.2 Å². The molecule has 7 nitrogen and oxygen atoms in total. The van der Waals surface area contributed by atoms with Crippen LogP contribution >= 0.6 is 0 Å². The van der Waals surface area contributed by atoms with Gasteiger partial charge in [0.1, 0.15) is 0 Å². The summed E-state index contributed by atoms with van der Waals surface area (Å²) in [7, 11) is 0. The molecule has 0 spiro atoms. The van der Waals surface area contributed by atoms with E-state index in [-0.39, 0.29) is 54.8 Å². The third-order valence-electron chi connectivity index (χ3n) is 6.12. The molecule has 172 valence electrons. The average Bonchev–Trinajstić information content (AvgIpc) is 2.67. The number of nitrogens with two attached hydrogens (primary N) is 1. The number of hydrogen-bond acceptors (Lipinski definition) is 5. The number of alkyl halides is 3. The van der Waals surface area contributed by atoms with E-state index < -0.39 is 17.9 Å². The van der Waals surface area contributed by atoms with E-state index in [4.69, 9.17) is 5.73 Å². The Morgan fingerprint density at radius 1 is 1.31 bits per heavy atom. The molecule has 3 heterocycles. The molecule has 1 fully saturated rings. The highest BCUT2D eigenvalue weighted by Crippen LogP contribution is 2.35. The normalized spacial score (nSPS) is 21.7. The fraction of sp³-hybridized carbons (Fsp3) is 0.545. The molecule has 0 aromatic carbocycles. The van der Waals surface area contributed by atoms with Gasteiger partial charge in [0, 0.05) is 49.7 Å². The lowest BCUT2D eigenvalue weighted by Crippen LogP contribution is -2.48. The van der Waals surface area contributed by atoms with E-state index in [1.54, 1.807) is 23.1 Å². The maximum atomic E-state index is 13.6. The second-order valence-electron chi connectivity index (χ2n) is 8.77. The first-order chi connectivity index (χ1) is 15.1. The molecule has 0 radical (unpaired) electrons. The Bertz CT molecular complexity index is 989. The SMILES string of the molecule is CC1CCC(=O)N(C[C@H](N)CC(=O)N2CCc3c(nc(C4=CC=C4)nc3C(F)(F)F)C2)C1. The summed E-state index contributed by atoms with van der Waals surface area (Å²) < 4.78 is 40.8. The molecule has 0 saturated carbocycles. The van der Waals surface area contributed by atoms with E-state index in [0.29, 0.717) is 31.0 Å². The van der Waals surface area contributed by atoms with Crippen LogP contribution in [-0.4, -0.2) is 57.3 Å². The molecular weight excluding hydrogens is 423 g/mol. The summed E-state index contributed by atoms with van der Waals surface area (Å²) >= 11 is 0. The number of piperidine rings is 1. The Morgan fingerprint density at radius 2 is 2.06 bits per heavy atom. The number of carbonyl (C=O) groups is 2. The summed E-state index contributed by atoms with van der Waals surface area (Å²) in [6.07, 6.45) is 1.80. The van der Waals surface area contributed by atoms with Gasteiger partial charge in [0.25, 0.3) is 0 Å². The topological polar surface area (TPSA) is 92.4 Å². The fourth-order valence-electron chi connectivity index (χ4n) is 4.32. The zero-order valence-electron chi connectivity index (χ0n) is 17.9. The maximum absolute atomic E-state index is 13.6. The molecule has 1 aliphatic carbocycles. The number of carbonyl (C=O) groups excluding carboxylic acids is 2. The Labute approximate surface area is 184 Å². The number of aromatic nitrogens is 2. The smallest absolute Gasteiger partial charge is 0.341 e. The van der Waals surface area contributed by atoms with Crippen LogP contribution in [0.5, 0.6) is 0 Å². The molecule has 2 N–H and O–H groups in total. The van der Waals surface area contributed by atoms with Crippen LogP contribution in [0.4, 0.5) is 13.2 Å². The number of amides is 2. The molecule has 32 heavy (non-hydrogen) atoms. The quantitative estimate of drug-likeness (QED) is 0.745. The van der Waals surface area contributed by atoms with Crippen LogP contribution in [0.25, 0.3) is 5.57 Å². The van der Waals surface area contributed by atoms with Crippen molar-refractivity contribution in [2.75, 3.05) is 19.6 Å². The number of hydrogen-bond donors (Lipinski definition) is 1. The minimum Gasteiger partial charge on any atom is -0.341 e. The van der Waals surface area contributed by atoms with Crippen LogP contribution in [-0.2, 0) is 28.7 Å². The van der Waals surface area contributed by atoms with Gasteiger partial charge in [0.2, 0.25) is 11.8 Å². The van der Waals surface area contributed by atoms with Crippen molar-refractivity contribution in [3.63, 3.8) is 0 Å². The van der Waals surface area contributed by atoms with Gasteiger partial charge >= 0.3 is 6.18 Å². The number of halogens is 3. The number of fused-ring (bicyclic) bond motifs is 1. The van der Waals surface area contributed by atoms with Gasteiger partial charge in [-0.05, 0) is 18.8 Å². The van der Waals surface area contributed by atoms with Gasteiger partial charge in [0.05, 0.1) is 12.2 Å². The van der Waals surface area contributed by atoms with Crippen molar-refractivity contribution in [2.45, 2.75) is 51.4 Å². The highest BCUT2D eigenvalue weighted by Gasteiger charge is 2.39. The first-order valence-electron chi connectivity index (χ1n) is 10.8. The average molecular weight is 449 g/mol. The van der Waals surface area contributed by atoms with Crippen molar-refractivity contribution in [2.24, 2.45) is 11.7 Å². The molecule has 1 unspecified atom stereocenters. The molecule has 2 atom stereocenters. The second-order valence-corrected chi connectivity index (χ2v) is 8.77.